The minimum Gasteiger partial charge on any atom is -0.446 e. The van der Waals surface area contributed by atoms with Gasteiger partial charge in [-0.15, -0.1) is 0 Å². The van der Waals surface area contributed by atoms with E-state index in [0.29, 0.717) is 46.0 Å². The summed E-state index contributed by atoms with van der Waals surface area (Å²) in [6.45, 7) is 3.44. The highest BCUT2D eigenvalue weighted by Gasteiger charge is 2.44. The summed E-state index contributed by atoms with van der Waals surface area (Å²) in [5.74, 6) is -1.51. The first-order valence-electron chi connectivity index (χ1n) is 14.4. The van der Waals surface area contributed by atoms with Crippen molar-refractivity contribution < 1.29 is 28.2 Å². The fraction of sp³-hybridized carbons (Fsp3) is 0.333. The van der Waals surface area contributed by atoms with E-state index in [1.807, 2.05) is 11.0 Å². The van der Waals surface area contributed by atoms with Crippen molar-refractivity contribution in [1.82, 2.24) is 14.7 Å². The molecule has 3 N–H and O–H groups in total. The number of fused-ring (bicyclic) bond motifs is 3. The van der Waals surface area contributed by atoms with Crippen LogP contribution < -0.4 is 5.73 Å². The Morgan fingerprint density at radius 3 is 2.41 bits per heavy atom. The minimum absolute atomic E-state index is 0.124. The van der Waals surface area contributed by atoms with Gasteiger partial charge in [0.05, 0.1) is 29.4 Å². The van der Waals surface area contributed by atoms with E-state index in [-0.39, 0.29) is 41.8 Å². The van der Waals surface area contributed by atoms with Crippen LogP contribution in [0.5, 0.6) is 0 Å². The molecule has 0 spiro atoms. The molecule has 3 heterocycles. The predicted molar refractivity (Wildman–Crippen MR) is 158 cm³/mol. The molecule has 1 aromatic heterocycles. The molecule has 6 rings (SSSR count). The molecule has 0 aliphatic carbocycles. The zero-order valence-corrected chi connectivity index (χ0v) is 24.3. The number of carbonyl (C=O) groups is 2. The number of halogens is 2. The first-order chi connectivity index (χ1) is 20.9. The number of rotatable bonds is 6. The van der Waals surface area contributed by atoms with Crippen LogP contribution in [0.2, 0.25) is 0 Å². The number of ether oxygens (including phenoxy) is 1. The van der Waals surface area contributed by atoms with Gasteiger partial charge < -0.3 is 20.5 Å². The van der Waals surface area contributed by atoms with Gasteiger partial charge in [-0.05, 0) is 73.7 Å². The van der Waals surface area contributed by atoms with Crippen LogP contribution in [0.25, 0.3) is 33.2 Å². The number of amides is 2. The number of nitriles is 1. The Labute approximate surface area is 252 Å². The maximum Gasteiger partial charge on any atom is 0.404 e. The largest absolute Gasteiger partial charge is 0.446 e. The van der Waals surface area contributed by atoms with Crippen LogP contribution >= 0.6 is 0 Å². The highest BCUT2D eigenvalue weighted by Crippen LogP contribution is 2.40. The summed E-state index contributed by atoms with van der Waals surface area (Å²) in [5, 5.41) is 24.5. The molecule has 9 nitrogen and oxygen atoms in total. The second-order valence-electron chi connectivity index (χ2n) is 12.2. The average Bonchev–Trinajstić information content (AvgIpc) is 3.46. The van der Waals surface area contributed by atoms with Crippen molar-refractivity contribution in [3.05, 3.63) is 77.5 Å². The van der Waals surface area contributed by atoms with E-state index in [1.54, 1.807) is 50.4 Å². The molecular formula is C33H31F2N5O4. The summed E-state index contributed by atoms with van der Waals surface area (Å²) in [4.78, 5) is 27.0. The van der Waals surface area contributed by atoms with E-state index in [9.17, 15) is 24.3 Å². The zero-order chi connectivity index (χ0) is 31.3. The Kier molecular flexibility index (Phi) is 7.33. The molecule has 4 aromatic rings. The normalized spacial score (nSPS) is 19.6. The van der Waals surface area contributed by atoms with Gasteiger partial charge >= 0.3 is 6.09 Å². The molecule has 2 unspecified atom stereocenters. The number of aliphatic hydroxyl groups is 1. The first kappa shape index (κ1) is 29.3. The minimum atomic E-state index is -1.06. The molecule has 2 amide bonds. The fourth-order valence-corrected chi connectivity index (χ4v) is 6.59. The van der Waals surface area contributed by atoms with E-state index in [0.717, 1.165) is 12.8 Å². The van der Waals surface area contributed by atoms with Gasteiger partial charge in [-0.1, -0.05) is 12.1 Å². The number of primary amides is 1. The number of carbonyl (C=O) groups excluding carboxylic acids is 2. The Balaban J connectivity index is 1.42. The molecule has 11 heteroatoms. The van der Waals surface area contributed by atoms with E-state index in [4.69, 9.17) is 10.5 Å². The SMILES string of the molecule is CC(C)(O)Cn1ncc2cc(-c3ccc(C(=O)N4C5CCC4CC(OC(N)=O)C5)cc3-c3ccc(C#N)c(F)c3)c(F)cc21. The monoisotopic (exact) mass is 599 g/mol. The Morgan fingerprint density at radius 1 is 1.05 bits per heavy atom. The van der Waals surface area contributed by atoms with Crippen LogP contribution in [0.4, 0.5) is 13.6 Å². The topological polar surface area (TPSA) is 134 Å². The molecule has 2 aliphatic rings. The molecule has 0 saturated carbocycles. The number of benzene rings is 3. The Morgan fingerprint density at radius 2 is 1.77 bits per heavy atom. The molecule has 3 aromatic carbocycles. The average molecular weight is 600 g/mol. The predicted octanol–water partition coefficient (Wildman–Crippen LogP) is 5.52. The molecule has 2 aliphatic heterocycles. The lowest BCUT2D eigenvalue weighted by molar-refractivity contribution is 0.0204. The fourth-order valence-electron chi connectivity index (χ4n) is 6.59. The number of nitrogens with zero attached hydrogens (tertiary/aromatic N) is 4. The molecular weight excluding hydrogens is 568 g/mol. The van der Waals surface area contributed by atoms with Crippen molar-refractivity contribution in [1.29, 1.82) is 5.26 Å². The maximum atomic E-state index is 15.8. The lowest BCUT2D eigenvalue weighted by Crippen LogP contribution is -2.49. The van der Waals surface area contributed by atoms with Crippen molar-refractivity contribution >= 4 is 22.9 Å². The smallest absolute Gasteiger partial charge is 0.404 e. The van der Waals surface area contributed by atoms with Crippen LogP contribution in [-0.2, 0) is 11.3 Å². The van der Waals surface area contributed by atoms with Gasteiger partial charge in [0, 0.05) is 47.5 Å². The van der Waals surface area contributed by atoms with Crippen molar-refractivity contribution in [2.24, 2.45) is 5.73 Å². The van der Waals surface area contributed by atoms with Crippen LogP contribution in [0.15, 0.2) is 54.7 Å². The maximum absolute atomic E-state index is 15.8. The van der Waals surface area contributed by atoms with E-state index in [2.05, 4.69) is 5.10 Å². The summed E-state index contributed by atoms with van der Waals surface area (Å²) in [5.41, 5.74) is 6.32. The summed E-state index contributed by atoms with van der Waals surface area (Å²) >= 11 is 0. The Hall–Kier alpha value is -4.82. The standard InChI is InChI=1S/C33H31F2N5O4/c1-33(2,43)17-39-30-14-29(35)27(10-21(30)16-38-39)25-8-5-19(9-26(25)18-3-4-20(15-36)28(34)11-18)31(41)40-22-6-7-23(40)13-24(12-22)44-32(37)42/h3-5,8-11,14,16,22-24,43H,6-7,12-13,17H2,1-2H3,(H2,37,42). The van der Waals surface area contributed by atoms with Gasteiger partial charge in [0.2, 0.25) is 0 Å². The van der Waals surface area contributed by atoms with Crippen LogP contribution in [0.3, 0.4) is 0 Å². The highest BCUT2D eigenvalue weighted by atomic mass is 19.1. The number of hydrogen-bond donors (Lipinski definition) is 2. The van der Waals surface area contributed by atoms with Crippen LogP contribution in [0.1, 0.15) is 55.5 Å². The van der Waals surface area contributed by atoms with E-state index < -0.39 is 23.3 Å². The first-order valence-corrected chi connectivity index (χ1v) is 14.4. The molecule has 2 bridgehead atoms. The van der Waals surface area contributed by atoms with Gasteiger partial charge in [-0.2, -0.15) is 10.4 Å². The summed E-state index contributed by atoms with van der Waals surface area (Å²) in [6, 6.07) is 13.6. The molecule has 44 heavy (non-hydrogen) atoms. The molecule has 2 fully saturated rings. The number of piperidine rings is 1. The number of aromatic nitrogens is 2. The molecule has 2 atom stereocenters. The van der Waals surface area contributed by atoms with Gasteiger partial charge in [0.1, 0.15) is 23.8 Å². The third-order valence-corrected chi connectivity index (χ3v) is 8.43. The summed E-state index contributed by atoms with van der Waals surface area (Å²) in [6.07, 6.45) is 2.93. The second kappa shape index (κ2) is 11.0. The number of nitrogens with two attached hydrogens (primary N) is 1. The molecule has 0 radical (unpaired) electrons. The third kappa shape index (κ3) is 5.49. The van der Waals surface area contributed by atoms with Crippen molar-refractivity contribution in [3.8, 4) is 28.3 Å². The van der Waals surface area contributed by atoms with Gasteiger partial charge in [-0.3, -0.25) is 9.48 Å². The van der Waals surface area contributed by atoms with Crippen molar-refractivity contribution in [3.63, 3.8) is 0 Å². The lowest BCUT2D eigenvalue weighted by Gasteiger charge is -2.38. The lowest BCUT2D eigenvalue weighted by atomic mass is 9.90. The Bertz CT molecular complexity index is 1830. The third-order valence-electron chi connectivity index (χ3n) is 8.43. The summed E-state index contributed by atoms with van der Waals surface area (Å²) < 4.78 is 37.4. The van der Waals surface area contributed by atoms with Gasteiger partial charge in [-0.25, -0.2) is 13.6 Å². The van der Waals surface area contributed by atoms with E-state index >= 15 is 4.39 Å². The van der Waals surface area contributed by atoms with E-state index in [1.165, 1.54) is 22.9 Å². The quantitative estimate of drug-likeness (QED) is 0.300. The summed E-state index contributed by atoms with van der Waals surface area (Å²) in [7, 11) is 0. The highest BCUT2D eigenvalue weighted by molar-refractivity contribution is 5.99. The molecule has 226 valence electrons. The number of hydrogen-bond acceptors (Lipinski definition) is 6. The molecule has 2 saturated heterocycles. The van der Waals surface area contributed by atoms with Crippen molar-refractivity contribution in [2.75, 3.05) is 0 Å². The van der Waals surface area contributed by atoms with Crippen LogP contribution in [-0.4, -0.2) is 55.6 Å². The van der Waals surface area contributed by atoms with Crippen LogP contribution in [0, 0.1) is 23.0 Å². The van der Waals surface area contributed by atoms with Gasteiger partial charge in [0.15, 0.2) is 0 Å². The van der Waals surface area contributed by atoms with Gasteiger partial charge in [0.25, 0.3) is 5.91 Å². The second-order valence-corrected chi connectivity index (χ2v) is 12.2. The van der Waals surface area contributed by atoms with Crippen molar-refractivity contribution in [2.45, 2.75) is 69.9 Å². The zero-order valence-electron chi connectivity index (χ0n) is 24.3.